The number of nitrogens with one attached hydrogen (secondary N) is 2. The first-order valence-corrected chi connectivity index (χ1v) is 8.18. The van der Waals surface area contributed by atoms with Gasteiger partial charge >= 0.3 is 11.8 Å². The molecule has 0 aliphatic carbocycles. The number of amides is 2. The minimum atomic E-state index is -0.799. The molecule has 2 rings (SSSR count). The molecule has 0 heterocycles. The largest absolute Gasteiger partial charge is 0.490 e. The molecule has 0 aliphatic rings. The zero-order valence-electron chi connectivity index (χ0n) is 14.0. The molecule has 0 fully saturated rings. The van der Waals surface area contributed by atoms with Crippen LogP contribution in [-0.4, -0.2) is 25.0 Å². The Morgan fingerprint density at radius 2 is 1.48 bits per heavy atom. The summed E-state index contributed by atoms with van der Waals surface area (Å²) in [4.78, 5) is 24.0. The minimum absolute atomic E-state index is 0.429. The Labute approximate surface area is 151 Å². The molecule has 25 heavy (non-hydrogen) atoms. The normalized spacial score (nSPS) is 10.0. The summed E-state index contributed by atoms with van der Waals surface area (Å²) in [5.41, 5.74) is 0.868. The van der Waals surface area contributed by atoms with E-state index in [1.807, 2.05) is 13.8 Å². The van der Waals surface area contributed by atoms with Crippen LogP contribution in [0.1, 0.15) is 13.8 Å². The van der Waals surface area contributed by atoms with Crippen molar-refractivity contribution < 1.29 is 19.1 Å². The number of benzene rings is 2. The Morgan fingerprint density at radius 3 is 2.08 bits per heavy atom. The zero-order chi connectivity index (χ0) is 18.2. The molecule has 0 atom stereocenters. The van der Waals surface area contributed by atoms with Gasteiger partial charge in [0.25, 0.3) is 0 Å². The zero-order valence-corrected chi connectivity index (χ0v) is 14.7. The molecule has 0 aliphatic heterocycles. The molecule has 2 N–H and O–H groups in total. The lowest BCUT2D eigenvalue weighted by Gasteiger charge is -2.13. The monoisotopic (exact) mass is 362 g/mol. The Bertz CT molecular complexity index is 764. The van der Waals surface area contributed by atoms with Gasteiger partial charge in [-0.1, -0.05) is 17.7 Å². The highest BCUT2D eigenvalue weighted by molar-refractivity contribution is 6.43. The molecule has 0 bridgehead atoms. The van der Waals surface area contributed by atoms with E-state index in [0.29, 0.717) is 41.1 Å². The first kappa shape index (κ1) is 18.6. The standard InChI is InChI=1S/C18H19ClN2O4/c1-3-24-15-9-8-14(11-16(15)25-4-2)21-18(23)17(22)20-13-7-5-6-12(19)10-13/h5-11H,3-4H2,1-2H3,(H,20,22)(H,21,23). The van der Waals surface area contributed by atoms with Crippen molar-refractivity contribution in [2.24, 2.45) is 0 Å². The van der Waals surface area contributed by atoms with Crippen LogP contribution in [0.2, 0.25) is 5.02 Å². The number of carbonyl (C=O) groups is 2. The molecule has 0 aromatic heterocycles. The molecule has 0 saturated heterocycles. The predicted octanol–water partition coefficient (Wildman–Crippen LogP) is 3.71. The summed E-state index contributed by atoms with van der Waals surface area (Å²) in [6, 6.07) is 11.5. The van der Waals surface area contributed by atoms with Gasteiger partial charge in [-0.3, -0.25) is 9.59 Å². The predicted molar refractivity (Wildman–Crippen MR) is 97.5 cm³/mol. The van der Waals surface area contributed by atoms with Crippen LogP contribution >= 0.6 is 11.6 Å². The van der Waals surface area contributed by atoms with E-state index in [1.165, 1.54) is 0 Å². The lowest BCUT2D eigenvalue weighted by molar-refractivity contribution is -0.132. The van der Waals surface area contributed by atoms with E-state index in [1.54, 1.807) is 42.5 Å². The van der Waals surface area contributed by atoms with Crippen molar-refractivity contribution in [3.8, 4) is 11.5 Å². The molecular weight excluding hydrogens is 344 g/mol. The van der Waals surface area contributed by atoms with Crippen LogP contribution in [0.5, 0.6) is 11.5 Å². The smallest absolute Gasteiger partial charge is 0.314 e. The van der Waals surface area contributed by atoms with E-state index < -0.39 is 11.8 Å². The topological polar surface area (TPSA) is 76.7 Å². The molecule has 2 aromatic rings. The van der Waals surface area contributed by atoms with E-state index in [2.05, 4.69) is 10.6 Å². The molecule has 7 heteroatoms. The Morgan fingerprint density at radius 1 is 0.880 bits per heavy atom. The molecular formula is C18H19ClN2O4. The summed E-state index contributed by atoms with van der Waals surface area (Å²) < 4.78 is 10.9. The minimum Gasteiger partial charge on any atom is -0.490 e. The third-order valence-corrected chi connectivity index (χ3v) is 3.33. The van der Waals surface area contributed by atoms with Crippen LogP contribution in [0.4, 0.5) is 11.4 Å². The van der Waals surface area contributed by atoms with Crippen LogP contribution in [-0.2, 0) is 9.59 Å². The maximum atomic E-state index is 12.1. The molecule has 0 saturated carbocycles. The lowest BCUT2D eigenvalue weighted by Crippen LogP contribution is -2.29. The quantitative estimate of drug-likeness (QED) is 0.768. The van der Waals surface area contributed by atoms with Crippen molar-refractivity contribution in [3.05, 3.63) is 47.5 Å². The highest BCUT2D eigenvalue weighted by atomic mass is 35.5. The van der Waals surface area contributed by atoms with Crippen molar-refractivity contribution in [2.75, 3.05) is 23.8 Å². The molecule has 132 valence electrons. The number of anilines is 2. The SMILES string of the molecule is CCOc1ccc(NC(=O)C(=O)Nc2cccc(Cl)c2)cc1OCC. The number of hydrogen-bond donors (Lipinski definition) is 2. The van der Waals surface area contributed by atoms with Crippen LogP contribution in [0, 0.1) is 0 Å². The molecule has 0 spiro atoms. The van der Waals surface area contributed by atoms with Gasteiger partial charge in [0.05, 0.1) is 13.2 Å². The van der Waals surface area contributed by atoms with Crippen LogP contribution < -0.4 is 20.1 Å². The first-order valence-electron chi connectivity index (χ1n) is 7.81. The van der Waals surface area contributed by atoms with Gasteiger partial charge in [0, 0.05) is 22.5 Å². The van der Waals surface area contributed by atoms with Gasteiger partial charge in [0.1, 0.15) is 0 Å². The maximum absolute atomic E-state index is 12.1. The van der Waals surface area contributed by atoms with E-state index in [-0.39, 0.29) is 0 Å². The van der Waals surface area contributed by atoms with Gasteiger partial charge in [-0.05, 0) is 44.2 Å². The summed E-state index contributed by atoms with van der Waals surface area (Å²) in [5.74, 6) is -0.524. The van der Waals surface area contributed by atoms with E-state index >= 15 is 0 Å². The number of carbonyl (C=O) groups excluding carboxylic acids is 2. The van der Waals surface area contributed by atoms with Crippen molar-refractivity contribution >= 4 is 34.8 Å². The second-order valence-electron chi connectivity index (χ2n) is 4.95. The Kier molecular flexibility index (Phi) is 6.65. The summed E-state index contributed by atoms with van der Waals surface area (Å²) >= 11 is 5.85. The second-order valence-corrected chi connectivity index (χ2v) is 5.38. The number of hydrogen-bond acceptors (Lipinski definition) is 4. The highest BCUT2D eigenvalue weighted by Crippen LogP contribution is 2.30. The fourth-order valence-electron chi connectivity index (χ4n) is 2.07. The van der Waals surface area contributed by atoms with Gasteiger partial charge < -0.3 is 20.1 Å². The molecule has 0 radical (unpaired) electrons. The average molecular weight is 363 g/mol. The van der Waals surface area contributed by atoms with Crippen LogP contribution in [0.3, 0.4) is 0 Å². The molecule has 0 unspecified atom stereocenters. The molecule has 2 amide bonds. The van der Waals surface area contributed by atoms with Crippen molar-refractivity contribution in [2.45, 2.75) is 13.8 Å². The molecule has 6 nitrogen and oxygen atoms in total. The average Bonchev–Trinajstić information content (AvgIpc) is 2.57. The van der Waals surface area contributed by atoms with Crippen molar-refractivity contribution in [1.82, 2.24) is 0 Å². The number of halogens is 1. The van der Waals surface area contributed by atoms with E-state index in [4.69, 9.17) is 21.1 Å². The second kappa shape index (κ2) is 8.94. The van der Waals surface area contributed by atoms with E-state index in [9.17, 15) is 9.59 Å². The number of ether oxygens (including phenoxy) is 2. The fourth-order valence-corrected chi connectivity index (χ4v) is 2.26. The summed E-state index contributed by atoms with van der Waals surface area (Å²) in [7, 11) is 0. The van der Waals surface area contributed by atoms with Gasteiger partial charge in [0.2, 0.25) is 0 Å². The first-order chi connectivity index (χ1) is 12.0. The van der Waals surface area contributed by atoms with Gasteiger partial charge in [-0.25, -0.2) is 0 Å². The summed E-state index contributed by atoms with van der Waals surface area (Å²) in [5, 5.41) is 5.47. The van der Waals surface area contributed by atoms with Crippen molar-refractivity contribution in [3.63, 3.8) is 0 Å². The lowest BCUT2D eigenvalue weighted by atomic mass is 10.2. The third-order valence-electron chi connectivity index (χ3n) is 3.09. The van der Waals surface area contributed by atoms with Gasteiger partial charge in [-0.2, -0.15) is 0 Å². The number of rotatable bonds is 6. The van der Waals surface area contributed by atoms with Gasteiger partial charge in [-0.15, -0.1) is 0 Å². The Balaban J connectivity index is 2.06. The van der Waals surface area contributed by atoms with Crippen LogP contribution in [0.25, 0.3) is 0 Å². The summed E-state index contributed by atoms with van der Waals surface area (Å²) in [6.45, 7) is 4.66. The Hall–Kier alpha value is -2.73. The third kappa shape index (κ3) is 5.39. The maximum Gasteiger partial charge on any atom is 0.314 e. The van der Waals surface area contributed by atoms with E-state index in [0.717, 1.165) is 0 Å². The van der Waals surface area contributed by atoms with Crippen molar-refractivity contribution in [1.29, 1.82) is 0 Å². The fraction of sp³-hybridized carbons (Fsp3) is 0.222. The highest BCUT2D eigenvalue weighted by Gasteiger charge is 2.15. The molecule has 2 aromatic carbocycles. The summed E-state index contributed by atoms with van der Waals surface area (Å²) in [6.07, 6.45) is 0. The van der Waals surface area contributed by atoms with Gasteiger partial charge in [0.15, 0.2) is 11.5 Å². The van der Waals surface area contributed by atoms with Crippen LogP contribution in [0.15, 0.2) is 42.5 Å².